The number of hydrogen-bond donors (Lipinski definition) is 1. The maximum absolute atomic E-state index is 11.0. The van der Waals surface area contributed by atoms with E-state index in [1.807, 2.05) is 16.8 Å². The Labute approximate surface area is 122 Å². The van der Waals surface area contributed by atoms with E-state index in [2.05, 4.69) is 15.1 Å². The number of carboxylic acid groups (broad SMARTS) is 1. The Morgan fingerprint density at radius 2 is 2.33 bits per heavy atom. The first kappa shape index (κ1) is 13.3. The predicted octanol–water partition coefficient (Wildman–Crippen LogP) is 2.47. The fourth-order valence-electron chi connectivity index (χ4n) is 1.63. The number of aromatic nitrogens is 3. The molecule has 3 aromatic heterocycles. The van der Waals surface area contributed by atoms with Crippen molar-refractivity contribution >= 4 is 17.3 Å². The van der Waals surface area contributed by atoms with Gasteiger partial charge in [-0.2, -0.15) is 16.3 Å². The molecule has 21 heavy (non-hydrogen) atoms. The summed E-state index contributed by atoms with van der Waals surface area (Å²) in [7, 11) is 0. The molecule has 0 bridgehead atoms. The van der Waals surface area contributed by atoms with Crippen LogP contribution in [-0.2, 0) is 6.61 Å². The van der Waals surface area contributed by atoms with Crippen LogP contribution >= 0.6 is 11.3 Å². The highest BCUT2D eigenvalue weighted by Gasteiger charge is 2.13. The summed E-state index contributed by atoms with van der Waals surface area (Å²) in [6, 6.07) is 3.24. The van der Waals surface area contributed by atoms with Crippen LogP contribution in [0.15, 0.2) is 39.8 Å². The van der Waals surface area contributed by atoms with Gasteiger partial charge in [0.2, 0.25) is 5.82 Å². The Kier molecular flexibility index (Phi) is 3.61. The van der Waals surface area contributed by atoms with Crippen molar-refractivity contribution in [2.45, 2.75) is 6.61 Å². The number of hydrogen-bond acceptors (Lipinski definition) is 7. The Balaban J connectivity index is 1.73. The van der Waals surface area contributed by atoms with Crippen LogP contribution in [0.25, 0.3) is 11.4 Å². The molecule has 0 atom stereocenters. The second-order valence-electron chi connectivity index (χ2n) is 3.99. The molecular formula is C13H9N3O4S. The molecule has 8 heteroatoms. The summed E-state index contributed by atoms with van der Waals surface area (Å²) in [5.74, 6) is -0.201. The number of carbonyl (C=O) groups is 1. The van der Waals surface area contributed by atoms with Crippen molar-refractivity contribution in [2.75, 3.05) is 0 Å². The summed E-state index contributed by atoms with van der Waals surface area (Å²) in [6.45, 7) is -0.0247. The minimum Gasteiger partial charge on any atom is -0.481 e. The van der Waals surface area contributed by atoms with Gasteiger partial charge in [0, 0.05) is 17.1 Å². The van der Waals surface area contributed by atoms with Crippen LogP contribution in [0, 0.1) is 0 Å². The molecule has 0 aliphatic carbocycles. The second-order valence-corrected chi connectivity index (χ2v) is 4.77. The predicted molar refractivity (Wildman–Crippen MR) is 73.1 cm³/mol. The molecule has 0 spiro atoms. The molecule has 0 unspecified atom stereocenters. The van der Waals surface area contributed by atoms with Crippen LogP contribution in [0.2, 0.25) is 0 Å². The maximum atomic E-state index is 11.0. The van der Waals surface area contributed by atoms with Gasteiger partial charge in [-0.25, -0.2) is 4.79 Å². The number of nitrogens with zero attached hydrogens (tertiary/aromatic N) is 3. The van der Waals surface area contributed by atoms with Gasteiger partial charge in [-0.05, 0) is 17.5 Å². The molecule has 106 valence electrons. The van der Waals surface area contributed by atoms with Gasteiger partial charge in [-0.15, -0.1) is 0 Å². The van der Waals surface area contributed by atoms with Gasteiger partial charge in [-0.1, -0.05) is 5.16 Å². The van der Waals surface area contributed by atoms with Crippen molar-refractivity contribution in [3.05, 3.63) is 46.7 Å². The van der Waals surface area contributed by atoms with Gasteiger partial charge < -0.3 is 14.4 Å². The maximum Gasteiger partial charge on any atom is 0.339 e. The zero-order chi connectivity index (χ0) is 14.7. The lowest BCUT2D eigenvalue weighted by Crippen LogP contribution is -2.04. The summed E-state index contributed by atoms with van der Waals surface area (Å²) >= 11 is 1.53. The Morgan fingerprint density at radius 1 is 1.43 bits per heavy atom. The van der Waals surface area contributed by atoms with Crippen LogP contribution in [0.3, 0.4) is 0 Å². The number of pyridine rings is 1. The van der Waals surface area contributed by atoms with Crippen LogP contribution in [0.4, 0.5) is 0 Å². The molecule has 0 amide bonds. The molecule has 7 nitrogen and oxygen atoms in total. The van der Waals surface area contributed by atoms with Crippen molar-refractivity contribution < 1.29 is 19.2 Å². The Morgan fingerprint density at radius 3 is 3.10 bits per heavy atom. The number of rotatable bonds is 5. The number of carboxylic acids is 1. The van der Waals surface area contributed by atoms with Crippen LogP contribution in [0.1, 0.15) is 16.2 Å². The standard InChI is InChI=1S/C13H9N3O4S/c17-13(18)9-1-3-14-5-10(9)19-6-11-15-12(16-20-11)8-2-4-21-7-8/h1-5,7H,6H2,(H,17,18). The quantitative estimate of drug-likeness (QED) is 0.773. The third kappa shape index (κ3) is 2.90. The fraction of sp³-hybridized carbons (Fsp3) is 0.0769. The molecule has 0 fully saturated rings. The molecule has 0 saturated heterocycles. The number of ether oxygens (including phenoxy) is 1. The third-order valence-electron chi connectivity index (χ3n) is 2.61. The molecule has 0 aliphatic rings. The molecule has 0 aromatic carbocycles. The average Bonchev–Trinajstić information content (AvgIpc) is 3.16. The van der Waals surface area contributed by atoms with Crippen molar-refractivity contribution in [1.29, 1.82) is 0 Å². The minimum absolute atomic E-state index is 0.0247. The molecule has 0 radical (unpaired) electrons. The summed E-state index contributed by atoms with van der Waals surface area (Å²) in [5.41, 5.74) is 0.894. The van der Waals surface area contributed by atoms with E-state index < -0.39 is 5.97 Å². The highest BCUT2D eigenvalue weighted by atomic mass is 32.1. The molecule has 3 heterocycles. The number of thiophene rings is 1. The zero-order valence-electron chi connectivity index (χ0n) is 10.6. The van der Waals surface area contributed by atoms with Crippen molar-refractivity contribution in [3.8, 4) is 17.1 Å². The fourth-order valence-corrected chi connectivity index (χ4v) is 2.27. The lowest BCUT2D eigenvalue weighted by atomic mass is 10.2. The van der Waals surface area contributed by atoms with Gasteiger partial charge in [0.1, 0.15) is 5.56 Å². The van der Waals surface area contributed by atoms with Gasteiger partial charge in [-0.3, -0.25) is 4.98 Å². The second kappa shape index (κ2) is 5.71. The first-order valence-electron chi connectivity index (χ1n) is 5.89. The summed E-state index contributed by atoms with van der Waals surface area (Å²) < 4.78 is 10.4. The monoisotopic (exact) mass is 303 g/mol. The molecule has 0 aliphatic heterocycles. The SMILES string of the molecule is O=C(O)c1ccncc1OCc1nc(-c2ccsc2)no1. The van der Waals surface area contributed by atoms with Crippen LogP contribution in [-0.4, -0.2) is 26.2 Å². The normalized spacial score (nSPS) is 10.5. The van der Waals surface area contributed by atoms with Crippen molar-refractivity contribution in [3.63, 3.8) is 0 Å². The van der Waals surface area contributed by atoms with Crippen molar-refractivity contribution in [2.24, 2.45) is 0 Å². The third-order valence-corrected chi connectivity index (χ3v) is 3.30. The number of aromatic carboxylic acids is 1. The van der Waals surface area contributed by atoms with E-state index in [9.17, 15) is 4.79 Å². The van der Waals surface area contributed by atoms with E-state index in [0.29, 0.717) is 5.82 Å². The van der Waals surface area contributed by atoms with E-state index in [-0.39, 0.29) is 23.8 Å². The Hall–Kier alpha value is -2.74. The van der Waals surface area contributed by atoms with Crippen LogP contribution in [0.5, 0.6) is 5.75 Å². The minimum atomic E-state index is -1.09. The lowest BCUT2D eigenvalue weighted by Gasteiger charge is -2.05. The lowest BCUT2D eigenvalue weighted by molar-refractivity contribution is 0.0690. The smallest absolute Gasteiger partial charge is 0.339 e. The summed E-state index contributed by atoms with van der Waals surface area (Å²) in [5, 5.41) is 16.7. The highest BCUT2D eigenvalue weighted by Crippen LogP contribution is 2.20. The van der Waals surface area contributed by atoms with Gasteiger partial charge in [0.25, 0.3) is 5.89 Å². The van der Waals surface area contributed by atoms with E-state index in [1.54, 1.807) is 0 Å². The first-order chi connectivity index (χ1) is 10.2. The zero-order valence-corrected chi connectivity index (χ0v) is 11.4. The van der Waals surface area contributed by atoms with E-state index in [0.717, 1.165) is 5.56 Å². The summed E-state index contributed by atoms with van der Waals surface area (Å²) in [6.07, 6.45) is 2.72. The van der Waals surface area contributed by atoms with Crippen LogP contribution < -0.4 is 4.74 Å². The Bertz CT molecular complexity index is 754. The van der Waals surface area contributed by atoms with E-state index in [1.165, 1.54) is 29.8 Å². The van der Waals surface area contributed by atoms with E-state index in [4.69, 9.17) is 14.4 Å². The first-order valence-corrected chi connectivity index (χ1v) is 6.83. The largest absolute Gasteiger partial charge is 0.481 e. The molecular weight excluding hydrogens is 294 g/mol. The highest BCUT2D eigenvalue weighted by molar-refractivity contribution is 7.08. The average molecular weight is 303 g/mol. The van der Waals surface area contributed by atoms with Gasteiger partial charge in [0.05, 0.1) is 6.20 Å². The topological polar surface area (TPSA) is 98.3 Å². The van der Waals surface area contributed by atoms with Gasteiger partial charge in [0.15, 0.2) is 12.4 Å². The molecule has 3 rings (SSSR count). The summed E-state index contributed by atoms with van der Waals surface area (Å²) in [4.78, 5) is 19.0. The molecule has 3 aromatic rings. The van der Waals surface area contributed by atoms with Gasteiger partial charge >= 0.3 is 5.97 Å². The molecule has 0 saturated carbocycles. The molecule has 1 N–H and O–H groups in total. The van der Waals surface area contributed by atoms with Crippen molar-refractivity contribution in [1.82, 2.24) is 15.1 Å². The van der Waals surface area contributed by atoms with E-state index >= 15 is 0 Å².